The summed E-state index contributed by atoms with van der Waals surface area (Å²) in [5, 5.41) is 5.89. The van der Waals surface area contributed by atoms with E-state index in [0.29, 0.717) is 25.2 Å². The lowest BCUT2D eigenvalue weighted by Crippen LogP contribution is -2.36. The van der Waals surface area contributed by atoms with Gasteiger partial charge in [0, 0.05) is 32.3 Å². The zero-order valence-electron chi connectivity index (χ0n) is 26.1. The lowest BCUT2D eigenvalue weighted by molar-refractivity contribution is -0.121. The number of likely N-dealkylation sites (N-methyl/N-ethyl adjacent to an activating group) is 1. The Labute approximate surface area is 254 Å². The van der Waals surface area contributed by atoms with E-state index in [0.717, 1.165) is 76.7 Å². The van der Waals surface area contributed by atoms with Crippen molar-refractivity contribution in [1.29, 1.82) is 0 Å². The highest BCUT2D eigenvalue weighted by atomic mass is 16.2. The van der Waals surface area contributed by atoms with Gasteiger partial charge < -0.3 is 15.5 Å². The number of aromatic nitrogens is 2. The molecule has 1 heterocycles. The smallest absolute Gasteiger partial charge is 0.271 e. The van der Waals surface area contributed by atoms with Gasteiger partial charge in [0.2, 0.25) is 5.91 Å². The van der Waals surface area contributed by atoms with Gasteiger partial charge in [0.15, 0.2) is 0 Å². The van der Waals surface area contributed by atoms with Crippen molar-refractivity contribution >= 4 is 11.8 Å². The van der Waals surface area contributed by atoms with Gasteiger partial charge in [-0.2, -0.15) is 0 Å². The van der Waals surface area contributed by atoms with Crippen LogP contribution in [0.1, 0.15) is 87.8 Å². The van der Waals surface area contributed by atoms with Crippen LogP contribution in [0.4, 0.5) is 0 Å². The maximum Gasteiger partial charge on any atom is 0.271 e. The Morgan fingerprint density at radius 3 is 1.81 bits per heavy atom. The van der Waals surface area contributed by atoms with Crippen LogP contribution in [0.15, 0.2) is 85.3 Å². The fourth-order valence-corrected chi connectivity index (χ4v) is 3.83. The largest absolute Gasteiger partial charge is 0.356 e. The molecule has 0 fully saturated rings. The highest BCUT2D eigenvalue weighted by molar-refractivity contribution is 5.91. The normalized spacial score (nSPS) is 12.4. The molecule has 0 aliphatic carbocycles. The van der Waals surface area contributed by atoms with Crippen LogP contribution >= 0.6 is 0 Å². The van der Waals surface area contributed by atoms with Gasteiger partial charge in [-0.05, 0) is 71.4 Å². The molecule has 1 aromatic heterocycles. The molecule has 0 aliphatic heterocycles. The van der Waals surface area contributed by atoms with Gasteiger partial charge in [0.1, 0.15) is 5.69 Å². The van der Waals surface area contributed by atoms with Crippen molar-refractivity contribution in [2.24, 2.45) is 0 Å². The van der Waals surface area contributed by atoms with Crippen LogP contribution in [0, 0.1) is 6.92 Å². The number of nitrogens with one attached hydrogen (secondary N) is 2. The number of rotatable bonds is 23. The van der Waals surface area contributed by atoms with Gasteiger partial charge in [-0.15, -0.1) is 0 Å². The van der Waals surface area contributed by atoms with E-state index in [1.165, 1.54) is 6.20 Å². The van der Waals surface area contributed by atoms with Crippen LogP contribution in [-0.4, -0.2) is 59.4 Å². The third-order valence-corrected chi connectivity index (χ3v) is 6.28. The Hall–Kier alpha value is -3.58. The van der Waals surface area contributed by atoms with E-state index >= 15 is 0 Å². The summed E-state index contributed by atoms with van der Waals surface area (Å²) in [5.41, 5.74) is 1.11. The van der Waals surface area contributed by atoms with Gasteiger partial charge in [-0.3, -0.25) is 14.6 Å². The van der Waals surface area contributed by atoms with Crippen molar-refractivity contribution in [2.45, 2.75) is 78.6 Å². The monoisotopic (exact) mass is 575 g/mol. The lowest BCUT2D eigenvalue weighted by atomic mass is 10.2. The molecule has 7 heteroatoms. The minimum atomic E-state index is -0.210. The number of aryl methyl sites for hydroxylation is 1. The third kappa shape index (κ3) is 21.2. The summed E-state index contributed by atoms with van der Waals surface area (Å²) in [6.45, 7) is 9.78. The van der Waals surface area contributed by atoms with Crippen LogP contribution in [0.25, 0.3) is 0 Å². The lowest BCUT2D eigenvalue weighted by Gasteiger charge is -2.20. The van der Waals surface area contributed by atoms with E-state index in [1.54, 1.807) is 6.20 Å². The van der Waals surface area contributed by atoms with Gasteiger partial charge >= 0.3 is 0 Å². The Kier molecular flexibility index (Phi) is 22.8. The Morgan fingerprint density at radius 2 is 1.29 bits per heavy atom. The summed E-state index contributed by atoms with van der Waals surface area (Å²) in [7, 11) is 0. The minimum Gasteiger partial charge on any atom is -0.356 e. The molecule has 0 saturated carbocycles. The molecule has 2 N–H and O–H groups in total. The molecule has 0 aliphatic rings. The predicted molar refractivity (Wildman–Crippen MR) is 176 cm³/mol. The summed E-state index contributed by atoms with van der Waals surface area (Å²) in [4.78, 5) is 34.7. The molecule has 2 amide bonds. The maximum absolute atomic E-state index is 12.1. The predicted octanol–water partition coefficient (Wildman–Crippen LogP) is 6.82. The molecule has 0 aromatic carbocycles. The number of amides is 2. The number of allylic oxidation sites excluding steroid dienone is 12. The highest BCUT2D eigenvalue weighted by Crippen LogP contribution is 1.99. The standard InChI is InChI=1S/C35H53N5O2/c1-4-6-7-8-9-10-11-12-13-14-15-16-17-18-19-20-21-22-23-25-34(41)36-26-24-28-40(5-2)29-27-37-35(42)33-31-38-32(3)30-39-33/h6-7,9-10,12-13,15-16,18-19,21-22,30-31H,4-5,8,11,14,17,20,23-29H2,1-3H3,(H,36,41)(H,37,42). The number of carbonyl (C=O) groups excluding carboxylic acids is 2. The molecule has 0 bridgehead atoms. The fraction of sp³-hybridized carbons (Fsp3) is 0.486. The van der Waals surface area contributed by atoms with Crippen molar-refractivity contribution in [3.63, 3.8) is 0 Å². The van der Waals surface area contributed by atoms with E-state index in [9.17, 15) is 9.59 Å². The van der Waals surface area contributed by atoms with Crippen molar-refractivity contribution < 1.29 is 9.59 Å². The van der Waals surface area contributed by atoms with E-state index in [-0.39, 0.29) is 11.8 Å². The molecule has 0 spiro atoms. The van der Waals surface area contributed by atoms with Crippen LogP contribution in [0.3, 0.4) is 0 Å². The second kappa shape index (κ2) is 26.3. The number of hydrogen-bond acceptors (Lipinski definition) is 5. The Morgan fingerprint density at radius 1 is 0.714 bits per heavy atom. The summed E-state index contributed by atoms with van der Waals surface area (Å²) in [6, 6.07) is 0. The number of hydrogen-bond donors (Lipinski definition) is 2. The second-order valence-electron chi connectivity index (χ2n) is 9.89. The van der Waals surface area contributed by atoms with E-state index < -0.39 is 0 Å². The van der Waals surface area contributed by atoms with Gasteiger partial charge in [0.05, 0.1) is 11.9 Å². The molecule has 0 saturated heterocycles. The van der Waals surface area contributed by atoms with Crippen LogP contribution in [0.5, 0.6) is 0 Å². The molecular weight excluding hydrogens is 522 g/mol. The van der Waals surface area contributed by atoms with Crippen molar-refractivity contribution in [3.05, 3.63) is 96.7 Å². The summed E-state index contributed by atoms with van der Waals surface area (Å²) in [6.07, 6.45) is 37.3. The fourth-order valence-electron chi connectivity index (χ4n) is 3.83. The second-order valence-corrected chi connectivity index (χ2v) is 9.89. The molecule has 230 valence electrons. The van der Waals surface area contributed by atoms with Crippen LogP contribution in [-0.2, 0) is 4.79 Å². The summed E-state index contributed by atoms with van der Waals surface area (Å²) < 4.78 is 0. The minimum absolute atomic E-state index is 0.0871. The average molecular weight is 576 g/mol. The molecule has 1 rings (SSSR count). The van der Waals surface area contributed by atoms with Gasteiger partial charge in [0.25, 0.3) is 5.91 Å². The van der Waals surface area contributed by atoms with E-state index in [2.05, 4.69) is 112 Å². The molecule has 0 radical (unpaired) electrons. The average Bonchev–Trinajstić information content (AvgIpc) is 2.99. The first-order chi connectivity index (χ1) is 20.6. The maximum atomic E-state index is 12.1. The molecule has 42 heavy (non-hydrogen) atoms. The summed E-state index contributed by atoms with van der Waals surface area (Å²) in [5.74, 6) is -0.123. The topological polar surface area (TPSA) is 87.2 Å². The van der Waals surface area contributed by atoms with Crippen molar-refractivity contribution in [2.75, 3.05) is 32.7 Å². The Balaban J connectivity index is 2.01. The molecule has 1 aromatic rings. The zero-order valence-corrected chi connectivity index (χ0v) is 26.1. The van der Waals surface area contributed by atoms with Crippen molar-refractivity contribution in [3.8, 4) is 0 Å². The van der Waals surface area contributed by atoms with Gasteiger partial charge in [-0.1, -0.05) is 86.8 Å². The molecule has 0 unspecified atom stereocenters. The number of nitrogens with zero attached hydrogens (tertiary/aromatic N) is 3. The summed E-state index contributed by atoms with van der Waals surface area (Å²) >= 11 is 0. The van der Waals surface area contributed by atoms with Crippen molar-refractivity contribution in [1.82, 2.24) is 25.5 Å². The van der Waals surface area contributed by atoms with Gasteiger partial charge in [-0.25, -0.2) is 4.98 Å². The first-order valence-electron chi connectivity index (χ1n) is 15.5. The SMILES string of the molecule is CCC=CCC=CCC=CCC=CCC=CCC=CCCC(=O)NCCCN(CC)CCNC(=O)c1cnc(C)cn1. The first-order valence-corrected chi connectivity index (χ1v) is 15.5. The molecular formula is C35H53N5O2. The van der Waals surface area contributed by atoms with E-state index in [1.807, 2.05) is 6.92 Å². The van der Waals surface area contributed by atoms with E-state index in [4.69, 9.17) is 0 Å². The number of carbonyl (C=O) groups is 2. The molecule has 0 atom stereocenters. The highest BCUT2D eigenvalue weighted by Gasteiger charge is 2.08. The Bertz CT molecular complexity index is 1020. The first kappa shape index (κ1) is 36.4. The zero-order chi connectivity index (χ0) is 30.5. The van der Waals surface area contributed by atoms with Crippen LogP contribution < -0.4 is 10.6 Å². The molecule has 7 nitrogen and oxygen atoms in total. The van der Waals surface area contributed by atoms with Crippen LogP contribution in [0.2, 0.25) is 0 Å². The quantitative estimate of drug-likeness (QED) is 0.110. The third-order valence-electron chi connectivity index (χ3n) is 6.28.